The van der Waals surface area contributed by atoms with Gasteiger partial charge in [-0.05, 0) is 0 Å². The number of aromatic nitrogens is 5. The lowest BCUT2D eigenvalue weighted by Gasteiger charge is -2.04. The molecule has 2 aromatic heterocycles. The van der Waals surface area contributed by atoms with Crippen LogP contribution in [-0.4, -0.2) is 35.2 Å². The summed E-state index contributed by atoms with van der Waals surface area (Å²) in [5.41, 5.74) is -0.233. The smallest absolute Gasteiger partial charge is 0.325 e. The van der Waals surface area contributed by atoms with Gasteiger partial charge >= 0.3 is 5.69 Å². The number of rotatable bonds is 4. The summed E-state index contributed by atoms with van der Waals surface area (Å²) in [6.07, 6.45) is 0. The van der Waals surface area contributed by atoms with E-state index in [2.05, 4.69) is 15.3 Å². The number of nitrogens with one attached hydrogen (secondary N) is 2. The zero-order valence-corrected chi connectivity index (χ0v) is 9.25. The van der Waals surface area contributed by atoms with E-state index in [0.29, 0.717) is 11.4 Å². The van der Waals surface area contributed by atoms with Gasteiger partial charge in [-0.25, -0.2) is 9.48 Å². The molecule has 0 atom stereocenters. The summed E-state index contributed by atoms with van der Waals surface area (Å²) >= 11 is 0. The van der Waals surface area contributed by atoms with E-state index >= 15 is 0 Å². The van der Waals surface area contributed by atoms with Gasteiger partial charge in [0, 0.05) is 11.8 Å². The first kappa shape index (κ1) is 12.2. The van der Waals surface area contributed by atoms with Crippen LogP contribution in [0.2, 0.25) is 0 Å². The van der Waals surface area contributed by atoms with Crippen molar-refractivity contribution in [2.75, 3.05) is 0 Å². The first-order chi connectivity index (χ1) is 8.63. The van der Waals surface area contributed by atoms with Crippen LogP contribution >= 0.6 is 0 Å². The number of hydrogen-bond donors (Lipinski definition) is 4. The van der Waals surface area contributed by atoms with Crippen molar-refractivity contribution in [1.82, 2.24) is 25.0 Å². The Morgan fingerprint density at radius 2 is 2.00 bits per heavy atom. The zero-order valence-electron chi connectivity index (χ0n) is 9.25. The minimum absolute atomic E-state index is 0.0715. The molecule has 0 aliphatic carbocycles. The molecule has 0 aliphatic heterocycles. The fourth-order valence-electron chi connectivity index (χ4n) is 1.56. The Balaban J connectivity index is 2.36. The highest BCUT2D eigenvalue weighted by atomic mass is 16.3. The van der Waals surface area contributed by atoms with Crippen LogP contribution in [-0.2, 0) is 19.8 Å². The lowest BCUT2D eigenvalue weighted by molar-refractivity contribution is 0.250. The molecule has 0 saturated heterocycles. The third-order valence-corrected chi connectivity index (χ3v) is 2.35. The molecule has 96 valence electrons. The minimum atomic E-state index is -0.620. The molecule has 18 heavy (non-hydrogen) atoms. The van der Waals surface area contributed by atoms with E-state index < -0.39 is 11.2 Å². The van der Waals surface area contributed by atoms with Crippen molar-refractivity contribution >= 4 is 0 Å². The van der Waals surface area contributed by atoms with Crippen LogP contribution in [0.25, 0.3) is 0 Å². The molecule has 0 spiro atoms. The Kier molecular flexibility index (Phi) is 3.35. The van der Waals surface area contributed by atoms with Gasteiger partial charge in [0.25, 0.3) is 5.56 Å². The Hall–Kier alpha value is -2.26. The largest absolute Gasteiger partial charge is 0.390 e. The molecule has 0 aliphatic rings. The number of H-pyrrole nitrogens is 2. The first-order valence-electron chi connectivity index (χ1n) is 5.09. The number of aliphatic hydroxyl groups excluding tert-OH is 2. The molecule has 4 N–H and O–H groups in total. The SMILES string of the molecule is O=c1cc(Cn2nnc(CO)c2CO)[nH]c(=O)[nH]1. The van der Waals surface area contributed by atoms with Crippen molar-refractivity contribution in [2.45, 2.75) is 19.8 Å². The van der Waals surface area contributed by atoms with E-state index in [0.717, 1.165) is 0 Å². The molecule has 2 aromatic rings. The van der Waals surface area contributed by atoms with E-state index in [1.165, 1.54) is 10.7 Å². The van der Waals surface area contributed by atoms with E-state index in [1.807, 2.05) is 4.98 Å². The second-order valence-electron chi connectivity index (χ2n) is 3.57. The molecule has 0 fully saturated rings. The van der Waals surface area contributed by atoms with Gasteiger partial charge in [-0.3, -0.25) is 9.78 Å². The van der Waals surface area contributed by atoms with E-state index in [1.54, 1.807) is 0 Å². The number of hydrogen-bond acceptors (Lipinski definition) is 6. The second-order valence-corrected chi connectivity index (χ2v) is 3.57. The predicted octanol–water partition coefficient (Wildman–Crippen LogP) is -2.31. The highest BCUT2D eigenvalue weighted by Crippen LogP contribution is 2.06. The highest BCUT2D eigenvalue weighted by Gasteiger charge is 2.11. The molecule has 0 amide bonds. The predicted molar refractivity (Wildman–Crippen MR) is 58.7 cm³/mol. The van der Waals surface area contributed by atoms with Crippen LogP contribution in [0.1, 0.15) is 17.1 Å². The number of aliphatic hydroxyl groups is 2. The molecule has 2 rings (SSSR count). The van der Waals surface area contributed by atoms with Crippen LogP contribution in [0.15, 0.2) is 15.7 Å². The summed E-state index contributed by atoms with van der Waals surface area (Å²) in [6, 6.07) is 1.21. The maximum Gasteiger partial charge on any atom is 0.325 e. The van der Waals surface area contributed by atoms with Crippen molar-refractivity contribution in [3.8, 4) is 0 Å². The Morgan fingerprint density at radius 1 is 1.22 bits per heavy atom. The van der Waals surface area contributed by atoms with Gasteiger partial charge in [0.15, 0.2) is 0 Å². The Bertz CT molecular complexity index is 627. The molecule has 9 heteroatoms. The summed E-state index contributed by atoms with van der Waals surface area (Å²) in [6.45, 7) is -0.625. The summed E-state index contributed by atoms with van der Waals surface area (Å²) in [5.74, 6) is 0. The van der Waals surface area contributed by atoms with Gasteiger partial charge in [0.05, 0.1) is 25.5 Å². The van der Waals surface area contributed by atoms with Gasteiger partial charge < -0.3 is 15.2 Å². The van der Waals surface area contributed by atoms with E-state index in [4.69, 9.17) is 10.2 Å². The van der Waals surface area contributed by atoms with E-state index in [-0.39, 0.29) is 25.5 Å². The molecular formula is C9H11N5O4. The zero-order chi connectivity index (χ0) is 13.1. The van der Waals surface area contributed by atoms with Gasteiger partial charge in [-0.2, -0.15) is 0 Å². The van der Waals surface area contributed by atoms with Crippen LogP contribution in [0.3, 0.4) is 0 Å². The third kappa shape index (κ3) is 2.36. The molecule has 2 heterocycles. The molecule has 0 unspecified atom stereocenters. The lowest BCUT2D eigenvalue weighted by Crippen LogP contribution is -2.24. The van der Waals surface area contributed by atoms with Crippen molar-refractivity contribution in [1.29, 1.82) is 0 Å². The number of aromatic amines is 2. The monoisotopic (exact) mass is 253 g/mol. The van der Waals surface area contributed by atoms with Gasteiger partial charge in [-0.1, -0.05) is 5.21 Å². The van der Waals surface area contributed by atoms with Gasteiger partial charge in [-0.15, -0.1) is 5.10 Å². The Morgan fingerprint density at radius 3 is 2.61 bits per heavy atom. The normalized spacial score (nSPS) is 10.8. The fraction of sp³-hybridized carbons (Fsp3) is 0.333. The second kappa shape index (κ2) is 4.94. The minimum Gasteiger partial charge on any atom is -0.390 e. The number of nitrogens with zero attached hydrogens (tertiary/aromatic N) is 3. The molecule has 0 bridgehead atoms. The third-order valence-electron chi connectivity index (χ3n) is 2.35. The highest BCUT2D eigenvalue weighted by molar-refractivity contribution is 5.10. The maximum absolute atomic E-state index is 11.1. The molecule has 0 aromatic carbocycles. The molecule has 0 radical (unpaired) electrons. The fourth-order valence-corrected chi connectivity index (χ4v) is 1.56. The molecular weight excluding hydrogens is 242 g/mol. The maximum atomic E-state index is 11.1. The van der Waals surface area contributed by atoms with Crippen LogP contribution in [0, 0.1) is 0 Å². The quantitative estimate of drug-likeness (QED) is 0.483. The van der Waals surface area contributed by atoms with Gasteiger partial charge in [0.1, 0.15) is 5.69 Å². The topological polar surface area (TPSA) is 137 Å². The lowest BCUT2D eigenvalue weighted by atomic mass is 10.3. The van der Waals surface area contributed by atoms with Crippen molar-refractivity contribution in [3.63, 3.8) is 0 Å². The molecule has 0 saturated carbocycles. The van der Waals surface area contributed by atoms with Crippen LogP contribution < -0.4 is 11.2 Å². The van der Waals surface area contributed by atoms with E-state index in [9.17, 15) is 9.59 Å². The molecule has 9 nitrogen and oxygen atoms in total. The Labute approximate surface area is 99.7 Å². The van der Waals surface area contributed by atoms with Crippen LogP contribution in [0.5, 0.6) is 0 Å². The summed E-state index contributed by atoms with van der Waals surface area (Å²) < 4.78 is 1.30. The van der Waals surface area contributed by atoms with Gasteiger partial charge in [0.2, 0.25) is 0 Å². The van der Waals surface area contributed by atoms with Crippen LogP contribution in [0.4, 0.5) is 0 Å². The van der Waals surface area contributed by atoms with Crippen molar-refractivity contribution in [2.24, 2.45) is 0 Å². The average Bonchev–Trinajstić information content (AvgIpc) is 2.69. The summed E-state index contributed by atoms with van der Waals surface area (Å²) in [4.78, 5) is 26.6. The first-order valence-corrected chi connectivity index (χ1v) is 5.09. The van der Waals surface area contributed by atoms with Crippen molar-refractivity contribution in [3.05, 3.63) is 44.0 Å². The summed E-state index contributed by atoms with van der Waals surface area (Å²) in [5, 5.41) is 25.5. The standard InChI is InChI=1S/C9H11N5O4/c15-3-6-7(4-16)14(13-12-6)2-5-1-8(17)11-9(18)10-5/h1,15-16H,2-4H2,(H2,10,11,17,18). The van der Waals surface area contributed by atoms with Crippen molar-refractivity contribution < 1.29 is 10.2 Å². The summed E-state index contributed by atoms with van der Waals surface area (Å²) in [7, 11) is 0. The average molecular weight is 253 g/mol.